The Hall–Kier alpha value is -2.50. The summed E-state index contributed by atoms with van der Waals surface area (Å²) in [4.78, 5) is 24.1. The van der Waals surface area contributed by atoms with Gasteiger partial charge < -0.3 is 20.1 Å². The molecule has 0 saturated carbocycles. The molecule has 0 aromatic heterocycles. The third-order valence-electron chi connectivity index (χ3n) is 3.33. The molecule has 1 aromatic carbocycles. The fourth-order valence-corrected chi connectivity index (χ4v) is 2.38. The Morgan fingerprint density at radius 3 is 2.73 bits per heavy atom. The molecule has 1 heterocycles. The van der Waals surface area contributed by atoms with Crippen molar-refractivity contribution in [1.82, 2.24) is 10.6 Å². The van der Waals surface area contributed by atoms with Gasteiger partial charge in [-0.1, -0.05) is 18.7 Å². The molecular weight excluding hydrogens is 284 g/mol. The van der Waals surface area contributed by atoms with E-state index in [9.17, 15) is 9.59 Å². The monoisotopic (exact) mass is 304 g/mol. The molecule has 1 saturated heterocycles. The van der Waals surface area contributed by atoms with Gasteiger partial charge in [0, 0.05) is 5.70 Å². The van der Waals surface area contributed by atoms with Gasteiger partial charge >= 0.3 is 12.0 Å². The zero-order chi connectivity index (χ0) is 16.3. The molecule has 2 atom stereocenters. The molecule has 6 nitrogen and oxygen atoms in total. The summed E-state index contributed by atoms with van der Waals surface area (Å²) >= 11 is 0. The van der Waals surface area contributed by atoms with Gasteiger partial charge in [-0.25, -0.2) is 4.79 Å². The van der Waals surface area contributed by atoms with Gasteiger partial charge in [-0.05, 0) is 31.5 Å². The summed E-state index contributed by atoms with van der Waals surface area (Å²) in [5.41, 5.74) is 1.07. The Labute approximate surface area is 129 Å². The first-order valence-corrected chi connectivity index (χ1v) is 7.03. The first-order chi connectivity index (χ1) is 10.4. The lowest BCUT2D eigenvalue weighted by Gasteiger charge is -2.33. The van der Waals surface area contributed by atoms with Crippen LogP contribution < -0.4 is 15.4 Å². The predicted octanol–water partition coefficient (Wildman–Crippen LogP) is 2.13. The van der Waals surface area contributed by atoms with Crippen molar-refractivity contribution in [3.63, 3.8) is 0 Å². The lowest BCUT2D eigenvalue weighted by molar-refractivity contribution is -0.152. The van der Waals surface area contributed by atoms with Crippen molar-refractivity contribution in [2.75, 3.05) is 7.11 Å². The minimum atomic E-state index is -0.702. The minimum Gasteiger partial charge on any atom is -0.497 e. The predicted molar refractivity (Wildman–Crippen MR) is 81.3 cm³/mol. The second-order valence-corrected chi connectivity index (χ2v) is 5.34. The number of rotatable bonds is 4. The fraction of sp³-hybridized carbons (Fsp3) is 0.375. The maximum atomic E-state index is 12.4. The highest BCUT2D eigenvalue weighted by Crippen LogP contribution is 2.32. The van der Waals surface area contributed by atoms with Crippen molar-refractivity contribution in [1.29, 1.82) is 0 Å². The van der Waals surface area contributed by atoms with Crippen molar-refractivity contribution < 1.29 is 19.1 Å². The van der Waals surface area contributed by atoms with Crippen LogP contribution in [-0.2, 0) is 9.53 Å². The van der Waals surface area contributed by atoms with Crippen LogP contribution in [0.4, 0.5) is 4.79 Å². The number of carbonyl (C=O) groups excluding carboxylic acids is 2. The van der Waals surface area contributed by atoms with Gasteiger partial charge in [-0.3, -0.25) is 4.79 Å². The van der Waals surface area contributed by atoms with Crippen molar-refractivity contribution in [3.05, 3.63) is 42.1 Å². The van der Waals surface area contributed by atoms with Crippen LogP contribution >= 0.6 is 0 Å². The maximum Gasteiger partial charge on any atom is 0.319 e. The Morgan fingerprint density at radius 2 is 2.09 bits per heavy atom. The average Bonchev–Trinajstić information content (AvgIpc) is 2.45. The maximum absolute atomic E-state index is 12.4. The van der Waals surface area contributed by atoms with Crippen LogP contribution in [-0.4, -0.2) is 25.2 Å². The highest BCUT2D eigenvalue weighted by atomic mass is 16.5. The normalized spacial score (nSPS) is 21.1. The van der Waals surface area contributed by atoms with Gasteiger partial charge in [0.15, 0.2) is 0 Å². The van der Waals surface area contributed by atoms with Crippen molar-refractivity contribution in [3.8, 4) is 5.75 Å². The molecule has 0 aliphatic carbocycles. The van der Waals surface area contributed by atoms with E-state index in [1.54, 1.807) is 39.2 Å². The summed E-state index contributed by atoms with van der Waals surface area (Å²) in [6.07, 6.45) is -0.246. The van der Waals surface area contributed by atoms with Crippen LogP contribution in [0.25, 0.3) is 0 Å². The van der Waals surface area contributed by atoms with Gasteiger partial charge in [0.2, 0.25) is 0 Å². The Kier molecular flexibility index (Phi) is 4.70. The van der Waals surface area contributed by atoms with Crippen LogP contribution in [0.2, 0.25) is 0 Å². The van der Waals surface area contributed by atoms with Crippen molar-refractivity contribution >= 4 is 12.0 Å². The molecule has 0 bridgehead atoms. The van der Waals surface area contributed by atoms with Crippen LogP contribution in [0.1, 0.15) is 25.5 Å². The first-order valence-electron chi connectivity index (χ1n) is 7.03. The number of hydrogen-bond acceptors (Lipinski definition) is 4. The summed E-state index contributed by atoms with van der Waals surface area (Å²) in [7, 11) is 1.56. The zero-order valence-corrected chi connectivity index (χ0v) is 12.9. The summed E-state index contributed by atoms with van der Waals surface area (Å²) in [6, 6.07) is 6.24. The fourth-order valence-electron chi connectivity index (χ4n) is 2.38. The average molecular weight is 304 g/mol. The molecule has 2 rings (SSSR count). The lowest BCUT2D eigenvalue weighted by Crippen LogP contribution is -2.51. The topological polar surface area (TPSA) is 76.7 Å². The number of methoxy groups -OCH3 is 1. The number of benzene rings is 1. The van der Waals surface area contributed by atoms with Gasteiger partial charge in [-0.2, -0.15) is 0 Å². The summed E-state index contributed by atoms with van der Waals surface area (Å²) in [5, 5.41) is 5.29. The molecule has 2 amide bonds. The number of hydrogen-bond donors (Lipinski definition) is 2. The third kappa shape index (κ3) is 3.39. The Morgan fingerprint density at radius 1 is 1.36 bits per heavy atom. The van der Waals surface area contributed by atoms with E-state index in [0.717, 1.165) is 5.56 Å². The molecule has 2 N–H and O–H groups in total. The number of amides is 2. The van der Waals surface area contributed by atoms with Crippen LogP contribution in [0.15, 0.2) is 36.5 Å². The quantitative estimate of drug-likeness (QED) is 0.836. The van der Waals surface area contributed by atoms with Crippen molar-refractivity contribution in [2.45, 2.75) is 26.0 Å². The molecule has 1 aromatic rings. The molecule has 0 radical (unpaired) electrons. The molecule has 1 fully saturated rings. The van der Waals surface area contributed by atoms with Gasteiger partial charge in [0.25, 0.3) is 0 Å². The number of nitrogens with one attached hydrogen (secondary N) is 2. The number of esters is 1. The van der Waals surface area contributed by atoms with E-state index in [2.05, 4.69) is 17.2 Å². The molecule has 118 valence electrons. The summed E-state index contributed by atoms with van der Waals surface area (Å²) in [5.74, 6) is -0.487. The highest BCUT2D eigenvalue weighted by Gasteiger charge is 2.39. The Bertz CT molecular complexity index is 598. The lowest BCUT2D eigenvalue weighted by atomic mass is 9.89. The van der Waals surface area contributed by atoms with E-state index >= 15 is 0 Å². The van der Waals surface area contributed by atoms with Gasteiger partial charge in [0.05, 0.1) is 19.3 Å². The molecule has 0 spiro atoms. The number of ether oxygens (including phenoxy) is 2. The Balaban J connectivity index is 2.36. The molecule has 1 aliphatic rings. The van der Waals surface area contributed by atoms with Gasteiger partial charge in [0.1, 0.15) is 11.7 Å². The van der Waals surface area contributed by atoms with E-state index in [4.69, 9.17) is 9.47 Å². The van der Waals surface area contributed by atoms with E-state index < -0.39 is 24.0 Å². The van der Waals surface area contributed by atoms with Gasteiger partial charge in [-0.15, -0.1) is 0 Å². The largest absolute Gasteiger partial charge is 0.497 e. The SMILES string of the molecule is C=C1NC(=O)NC(c2cccc(OC)c2)C1C(=O)OC(C)C. The van der Waals surface area contributed by atoms with E-state index in [1.165, 1.54) is 0 Å². The minimum absolute atomic E-state index is 0.246. The molecule has 2 unspecified atom stereocenters. The van der Waals surface area contributed by atoms with Crippen molar-refractivity contribution in [2.24, 2.45) is 5.92 Å². The molecule has 22 heavy (non-hydrogen) atoms. The zero-order valence-electron chi connectivity index (χ0n) is 12.9. The summed E-state index contributed by atoms with van der Waals surface area (Å²) in [6.45, 7) is 7.34. The van der Waals surface area contributed by atoms with E-state index in [0.29, 0.717) is 11.4 Å². The van der Waals surface area contributed by atoms with Crippen LogP contribution in [0.5, 0.6) is 5.75 Å². The second-order valence-electron chi connectivity index (χ2n) is 5.34. The molecule has 6 heteroatoms. The highest BCUT2D eigenvalue weighted by molar-refractivity contribution is 5.85. The second kappa shape index (κ2) is 6.51. The van der Waals surface area contributed by atoms with Crippen LogP contribution in [0.3, 0.4) is 0 Å². The number of urea groups is 1. The van der Waals surface area contributed by atoms with E-state index in [-0.39, 0.29) is 6.10 Å². The molecular formula is C16H20N2O4. The van der Waals surface area contributed by atoms with Crippen LogP contribution in [0, 0.1) is 5.92 Å². The standard InChI is InChI=1S/C16H20N2O4/c1-9(2)22-15(19)13-10(3)17-16(20)18-14(13)11-6-5-7-12(8-11)21-4/h5-9,13-14H,3H2,1-2,4H3,(H2,17,18,20). The smallest absolute Gasteiger partial charge is 0.319 e. The molecule has 1 aliphatic heterocycles. The van der Waals surface area contributed by atoms with E-state index in [1.807, 2.05) is 6.07 Å². The first kappa shape index (κ1) is 15.9. The third-order valence-corrected chi connectivity index (χ3v) is 3.33. The summed E-state index contributed by atoms with van der Waals surface area (Å²) < 4.78 is 10.5. The number of carbonyl (C=O) groups is 2.